The number of hydrogen-bond donors (Lipinski definition) is 1. The van der Waals surface area contributed by atoms with E-state index in [2.05, 4.69) is 20.7 Å². The summed E-state index contributed by atoms with van der Waals surface area (Å²) in [6, 6.07) is 13.6. The predicted molar refractivity (Wildman–Crippen MR) is 84.3 cm³/mol. The van der Waals surface area contributed by atoms with Crippen molar-refractivity contribution in [2.24, 2.45) is 0 Å². The van der Waals surface area contributed by atoms with E-state index >= 15 is 0 Å². The molecule has 2 aromatic carbocycles. The Morgan fingerprint density at radius 3 is 2.62 bits per heavy atom. The van der Waals surface area contributed by atoms with Crippen LogP contribution in [0.15, 0.2) is 53.0 Å². The minimum absolute atomic E-state index is 0.0928. The first-order chi connectivity index (χ1) is 9.97. The number of nitrogens with zero attached hydrogens (tertiary/aromatic N) is 1. The number of para-hydroxylation sites is 1. The van der Waals surface area contributed by atoms with Gasteiger partial charge in [-0.3, -0.25) is 9.52 Å². The van der Waals surface area contributed by atoms with Gasteiger partial charge in [-0.15, -0.1) is 0 Å². The van der Waals surface area contributed by atoms with Gasteiger partial charge in [-0.2, -0.15) is 12.7 Å². The summed E-state index contributed by atoms with van der Waals surface area (Å²) in [5, 5.41) is 0. The molecule has 21 heavy (non-hydrogen) atoms. The highest BCUT2D eigenvalue weighted by Crippen LogP contribution is 2.31. The van der Waals surface area contributed by atoms with Crippen LogP contribution in [0.4, 0.5) is 11.4 Å². The smallest absolute Gasteiger partial charge is 0.273 e. The second kappa shape index (κ2) is 5.16. The molecule has 1 aliphatic heterocycles. The molecule has 0 saturated heterocycles. The molecule has 0 radical (unpaired) electrons. The van der Waals surface area contributed by atoms with Crippen molar-refractivity contribution >= 4 is 43.4 Å². The molecule has 0 fully saturated rings. The third-order valence-corrected chi connectivity index (χ3v) is 4.96. The molecule has 0 spiro atoms. The fraction of sp³-hybridized carbons (Fsp3) is 0.0714. The molecule has 1 amide bonds. The van der Waals surface area contributed by atoms with E-state index in [9.17, 15) is 13.2 Å². The van der Waals surface area contributed by atoms with Gasteiger partial charge in [0.2, 0.25) is 5.91 Å². The minimum Gasteiger partial charge on any atom is -0.273 e. The van der Waals surface area contributed by atoms with E-state index < -0.39 is 16.1 Å². The number of carbonyl (C=O) groups is 1. The summed E-state index contributed by atoms with van der Waals surface area (Å²) in [5.41, 5.74) is 1.51. The van der Waals surface area contributed by atoms with Gasteiger partial charge < -0.3 is 0 Å². The van der Waals surface area contributed by atoms with Crippen molar-refractivity contribution in [1.29, 1.82) is 0 Å². The first-order valence-corrected chi connectivity index (χ1v) is 8.40. The van der Waals surface area contributed by atoms with Gasteiger partial charge in [-0.1, -0.05) is 40.2 Å². The van der Waals surface area contributed by atoms with Crippen LogP contribution in [0.25, 0.3) is 0 Å². The van der Waals surface area contributed by atoms with E-state index in [0.29, 0.717) is 16.9 Å². The Bertz CT molecular complexity index is 820. The number of anilines is 2. The maximum Gasteiger partial charge on any atom is 0.330 e. The van der Waals surface area contributed by atoms with Crippen LogP contribution in [0.2, 0.25) is 0 Å². The van der Waals surface area contributed by atoms with Crippen LogP contribution in [0, 0.1) is 0 Å². The van der Waals surface area contributed by atoms with Crippen molar-refractivity contribution in [1.82, 2.24) is 0 Å². The SMILES string of the molecule is O=C1Cc2ccccc2N1S(=O)(=O)Nc1cccc(Br)c1. The van der Waals surface area contributed by atoms with Crippen molar-refractivity contribution in [3.63, 3.8) is 0 Å². The molecule has 1 N–H and O–H groups in total. The normalized spacial score (nSPS) is 14.1. The average Bonchev–Trinajstić information content (AvgIpc) is 2.74. The predicted octanol–water partition coefficient (Wildman–Crippen LogP) is 2.70. The van der Waals surface area contributed by atoms with Gasteiger partial charge in [0, 0.05) is 4.47 Å². The summed E-state index contributed by atoms with van der Waals surface area (Å²) in [6.45, 7) is 0. The lowest BCUT2D eigenvalue weighted by atomic mass is 10.2. The lowest BCUT2D eigenvalue weighted by Gasteiger charge is -2.18. The quantitative estimate of drug-likeness (QED) is 0.907. The lowest BCUT2D eigenvalue weighted by molar-refractivity contribution is -0.116. The Kier molecular flexibility index (Phi) is 3.46. The molecule has 5 nitrogen and oxygen atoms in total. The summed E-state index contributed by atoms with van der Waals surface area (Å²) >= 11 is 3.28. The van der Waals surface area contributed by atoms with Crippen LogP contribution in [0.3, 0.4) is 0 Å². The Labute approximate surface area is 130 Å². The summed E-state index contributed by atoms with van der Waals surface area (Å²) in [4.78, 5) is 12.0. The number of benzene rings is 2. The molecular weight excluding hydrogens is 356 g/mol. The van der Waals surface area contributed by atoms with Crippen molar-refractivity contribution in [2.75, 3.05) is 9.03 Å². The van der Waals surface area contributed by atoms with E-state index in [0.717, 1.165) is 8.78 Å². The number of carbonyl (C=O) groups excluding carboxylic acids is 1. The first kappa shape index (κ1) is 14.1. The fourth-order valence-electron chi connectivity index (χ4n) is 2.24. The summed E-state index contributed by atoms with van der Waals surface area (Å²) < 4.78 is 28.9. The summed E-state index contributed by atoms with van der Waals surface area (Å²) in [5.74, 6) is -0.460. The standard InChI is InChI=1S/C14H11BrN2O3S/c15-11-5-3-6-12(9-11)16-21(19,20)17-13-7-2-1-4-10(13)8-14(17)18/h1-7,9,16H,8H2. The molecule has 1 aliphatic rings. The molecule has 7 heteroatoms. The van der Waals surface area contributed by atoms with Crippen LogP contribution < -0.4 is 9.03 Å². The van der Waals surface area contributed by atoms with Crippen LogP contribution in [-0.2, 0) is 21.4 Å². The van der Waals surface area contributed by atoms with Crippen LogP contribution in [0.1, 0.15) is 5.56 Å². The average molecular weight is 367 g/mol. The van der Waals surface area contributed by atoms with E-state index in [4.69, 9.17) is 0 Å². The van der Waals surface area contributed by atoms with Crippen LogP contribution in [-0.4, -0.2) is 14.3 Å². The third kappa shape index (κ3) is 2.66. The lowest BCUT2D eigenvalue weighted by Crippen LogP contribution is -2.38. The Morgan fingerprint density at radius 2 is 1.86 bits per heavy atom. The van der Waals surface area contributed by atoms with Gasteiger partial charge in [0.25, 0.3) is 0 Å². The van der Waals surface area contributed by atoms with Gasteiger partial charge in [-0.05, 0) is 29.8 Å². The van der Waals surface area contributed by atoms with Crippen LogP contribution in [0.5, 0.6) is 0 Å². The van der Waals surface area contributed by atoms with E-state index in [1.807, 2.05) is 0 Å². The molecule has 0 aliphatic carbocycles. The topological polar surface area (TPSA) is 66.5 Å². The molecule has 0 unspecified atom stereocenters. The zero-order valence-corrected chi connectivity index (χ0v) is 13.2. The summed E-state index contributed by atoms with van der Waals surface area (Å²) in [7, 11) is -3.98. The van der Waals surface area contributed by atoms with Crippen molar-refractivity contribution in [2.45, 2.75) is 6.42 Å². The highest BCUT2D eigenvalue weighted by molar-refractivity contribution is 9.10. The van der Waals surface area contributed by atoms with Gasteiger partial charge in [0.15, 0.2) is 0 Å². The highest BCUT2D eigenvalue weighted by Gasteiger charge is 2.36. The number of fused-ring (bicyclic) bond motifs is 1. The largest absolute Gasteiger partial charge is 0.330 e. The second-order valence-corrected chi connectivity index (χ2v) is 7.02. The molecular formula is C14H11BrN2O3S. The molecule has 0 bridgehead atoms. The Balaban J connectivity index is 1.97. The number of amides is 1. The van der Waals surface area contributed by atoms with E-state index in [1.165, 1.54) is 0 Å². The van der Waals surface area contributed by atoms with Crippen molar-refractivity contribution < 1.29 is 13.2 Å². The molecule has 0 saturated carbocycles. The molecule has 3 rings (SSSR count). The molecule has 2 aromatic rings. The summed E-state index contributed by atoms with van der Waals surface area (Å²) in [6.07, 6.45) is 0.0928. The molecule has 0 atom stereocenters. The van der Waals surface area contributed by atoms with Gasteiger partial charge in [-0.25, -0.2) is 0 Å². The zero-order chi connectivity index (χ0) is 15.0. The Morgan fingerprint density at radius 1 is 1.10 bits per heavy atom. The number of nitrogens with one attached hydrogen (secondary N) is 1. The van der Waals surface area contributed by atoms with Crippen molar-refractivity contribution in [3.8, 4) is 0 Å². The molecule has 1 heterocycles. The first-order valence-electron chi connectivity index (χ1n) is 6.17. The maximum atomic E-state index is 12.5. The minimum atomic E-state index is -3.98. The maximum absolute atomic E-state index is 12.5. The monoisotopic (exact) mass is 366 g/mol. The van der Waals surface area contributed by atoms with Crippen LogP contribution >= 0.6 is 15.9 Å². The second-order valence-electron chi connectivity index (χ2n) is 4.58. The Hall–Kier alpha value is -1.86. The highest BCUT2D eigenvalue weighted by atomic mass is 79.9. The van der Waals surface area contributed by atoms with Crippen molar-refractivity contribution in [3.05, 3.63) is 58.6 Å². The van der Waals surface area contributed by atoms with E-state index in [-0.39, 0.29) is 6.42 Å². The van der Waals surface area contributed by atoms with Gasteiger partial charge >= 0.3 is 10.2 Å². The number of rotatable bonds is 3. The third-order valence-electron chi connectivity index (χ3n) is 3.09. The zero-order valence-electron chi connectivity index (χ0n) is 10.8. The van der Waals surface area contributed by atoms with Gasteiger partial charge in [0.05, 0.1) is 17.8 Å². The molecule has 108 valence electrons. The number of hydrogen-bond acceptors (Lipinski definition) is 3. The number of halogens is 1. The van der Waals surface area contributed by atoms with E-state index in [1.54, 1.807) is 48.5 Å². The molecule has 0 aromatic heterocycles. The fourth-order valence-corrected chi connectivity index (χ4v) is 3.92. The van der Waals surface area contributed by atoms with Gasteiger partial charge in [0.1, 0.15) is 0 Å².